The van der Waals surface area contributed by atoms with Crippen molar-refractivity contribution < 1.29 is 4.79 Å². The van der Waals surface area contributed by atoms with Crippen LogP contribution in [-0.4, -0.2) is 10.9 Å². The average molecular weight is 309 g/mol. The quantitative estimate of drug-likeness (QED) is 0.902. The number of hydrogen-bond acceptors (Lipinski definition) is 2. The zero-order chi connectivity index (χ0) is 14.5. The van der Waals surface area contributed by atoms with Crippen LogP contribution < -0.4 is 5.32 Å². The highest BCUT2D eigenvalue weighted by Gasteiger charge is 2.13. The van der Waals surface area contributed by atoms with Crippen LogP contribution in [0.4, 0.5) is 5.69 Å². The third kappa shape index (κ3) is 3.71. The molecule has 1 amide bonds. The second-order valence-electron chi connectivity index (χ2n) is 4.54. The molecule has 0 saturated heterocycles. The number of nitrogens with one attached hydrogen (secondary N) is 1. The summed E-state index contributed by atoms with van der Waals surface area (Å²) in [6.07, 6.45) is 3.83. The van der Waals surface area contributed by atoms with Gasteiger partial charge in [0, 0.05) is 18.8 Å². The molecular weight excluding hydrogens is 295 g/mol. The molecule has 1 N–H and O–H groups in total. The Labute approximate surface area is 127 Å². The molecule has 0 bridgehead atoms. The predicted molar refractivity (Wildman–Crippen MR) is 82.4 cm³/mol. The van der Waals surface area contributed by atoms with E-state index in [1.54, 1.807) is 30.6 Å². The number of benzene rings is 1. The molecule has 1 heterocycles. The number of nitrogens with zero attached hydrogens (tertiary/aromatic N) is 1. The maximum Gasteiger partial charge on any atom is 0.225 e. The molecule has 1 unspecified atom stereocenters. The van der Waals surface area contributed by atoms with E-state index in [0.717, 1.165) is 5.56 Å². The van der Waals surface area contributed by atoms with Crippen LogP contribution in [0.2, 0.25) is 10.0 Å². The number of rotatable bonds is 4. The fraction of sp³-hybridized carbons (Fsp3) is 0.200. The van der Waals surface area contributed by atoms with E-state index in [9.17, 15) is 4.79 Å². The number of pyridine rings is 1. The van der Waals surface area contributed by atoms with Crippen molar-refractivity contribution in [2.24, 2.45) is 0 Å². The lowest BCUT2D eigenvalue weighted by Crippen LogP contribution is -2.14. The van der Waals surface area contributed by atoms with Crippen LogP contribution in [0.5, 0.6) is 0 Å². The van der Waals surface area contributed by atoms with Crippen molar-refractivity contribution in [2.45, 2.75) is 19.3 Å². The molecule has 2 aromatic rings. The van der Waals surface area contributed by atoms with Crippen LogP contribution in [0.1, 0.15) is 24.8 Å². The smallest absolute Gasteiger partial charge is 0.225 e. The van der Waals surface area contributed by atoms with E-state index < -0.39 is 0 Å². The van der Waals surface area contributed by atoms with Crippen LogP contribution in [0.3, 0.4) is 0 Å². The summed E-state index contributed by atoms with van der Waals surface area (Å²) < 4.78 is 0. The fourth-order valence-corrected chi connectivity index (χ4v) is 2.21. The van der Waals surface area contributed by atoms with Crippen LogP contribution in [0, 0.1) is 0 Å². The molecule has 0 saturated carbocycles. The van der Waals surface area contributed by atoms with Gasteiger partial charge in [-0.2, -0.15) is 0 Å². The van der Waals surface area contributed by atoms with Gasteiger partial charge in [0.15, 0.2) is 0 Å². The molecule has 3 nitrogen and oxygen atoms in total. The molecule has 1 aromatic heterocycles. The third-order valence-electron chi connectivity index (χ3n) is 2.97. The van der Waals surface area contributed by atoms with Crippen LogP contribution in [-0.2, 0) is 4.79 Å². The number of halogens is 2. The van der Waals surface area contributed by atoms with Crippen molar-refractivity contribution in [3.63, 3.8) is 0 Å². The molecule has 2 rings (SSSR count). The Hall–Kier alpha value is -1.58. The molecule has 0 spiro atoms. The summed E-state index contributed by atoms with van der Waals surface area (Å²) in [5.41, 5.74) is 1.56. The Bertz CT molecular complexity index is 602. The highest BCUT2D eigenvalue weighted by molar-refractivity contribution is 6.43. The monoisotopic (exact) mass is 308 g/mol. The summed E-state index contributed by atoms with van der Waals surface area (Å²) in [6.45, 7) is 1.98. The Morgan fingerprint density at radius 2 is 2.10 bits per heavy atom. The minimum Gasteiger partial charge on any atom is -0.325 e. The lowest BCUT2D eigenvalue weighted by Gasteiger charge is -2.12. The minimum atomic E-state index is -0.106. The van der Waals surface area contributed by atoms with Gasteiger partial charge in [0.25, 0.3) is 0 Å². The third-order valence-corrected chi connectivity index (χ3v) is 3.79. The first-order chi connectivity index (χ1) is 9.58. The predicted octanol–water partition coefficient (Wildman–Crippen LogP) is 4.52. The largest absolute Gasteiger partial charge is 0.325 e. The molecule has 5 heteroatoms. The van der Waals surface area contributed by atoms with Crippen molar-refractivity contribution in [3.8, 4) is 0 Å². The zero-order valence-corrected chi connectivity index (χ0v) is 12.4. The summed E-state index contributed by atoms with van der Waals surface area (Å²) >= 11 is 11.9. The van der Waals surface area contributed by atoms with E-state index in [0.29, 0.717) is 22.2 Å². The zero-order valence-electron chi connectivity index (χ0n) is 10.9. The molecule has 104 valence electrons. The SMILES string of the molecule is CC(CC(=O)Nc1cccc(Cl)c1Cl)c1cccnc1. The molecule has 1 atom stereocenters. The van der Waals surface area contributed by atoms with Gasteiger partial charge in [0.1, 0.15) is 0 Å². The number of carbonyl (C=O) groups is 1. The van der Waals surface area contributed by atoms with Crippen LogP contribution in [0.15, 0.2) is 42.7 Å². The van der Waals surface area contributed by atoms with Crippen molar-refractivity contribution in [1.82, 2.24) is 4.98 Å². The van der Waals surface area contributed by atoms with Crippen LogP contribution >= 0.6 is 23.2 Å². The maximum atomic E-state index is 12.0. The van der Waals surface area contributed by atoms with Gasteiger partial charge < -0.3 is 5.32 Å². The standard InChI is InChI=1S/C15H14Cl2N2O/c1-10(11-4-3-7-18-9-11)8-14(20)19-13-6-2-5-12(16)15(13)17/h2-7,9-10H,8H2,1H3,(H,19,20). The first-order valence-electron chi connectivity index (χ1n) is 6.21. The number of hydrogen-bond donors (Lipinski definition) is 1. The van der Waals surface area contributed by atoms with Crippen molar-refractivity contribution in [3.05, 3.63) is 58.3 Å². The van der Waals surface area contributed by atoms with Gasteiger partial charge in [-0.25, -0.2) is 0 Å². The van der Waals surface area contributed by atoms with E-state index in [1.807, 2.05) is 19.1 Å². The van der Waals surface area contributed by atoms with E-state index >= 15 is 0 Å². The van der Waals surface area contributed by atoms with Crippen molar-refractivity contribution in [1.29, 1.82) is 0 Å². The first kappa shape index (κ1) is 14.8. The molecule has 0 fully saturated rings. The van der Waals surface area contributed by atoms with Gasteiger partial charge in [-0.3, -0.25) is 9.78 Å². The molecule has 20 heavy (non-hydrogen) atoms. The number of aromatic nitrogens is 1. The lowest BCUT2D eigenvalue weighted by molar-refractivity contribution is -0.116. The van der Waals surface area contributed by atoms with Gasteiger partial charge >= 0.3 is 0 Å². The summed E-state index contributed by atoms with van der Waals surface area (Å²) in [5, 5.41) is 3.55. The van der Waals surface area contributed by atoms with E-state index in [4.69, 9.17) is 23.2 Å². The maximum absolute atomic E-state index is 12.0. The number of carbonyl (C=O) groups excluding carboxylic acids is 1. The highest BCUT2D eigenvalue weighted by atomic mass is 35.5. The molecule has 0 aliphatic carbocycles. The second kappa shape index (κ2) is 6.73. The molecule has 0 aliphatic heterocycles. The van der Waals surface area contributed by atoms with Gasteiger partial charge in [-0.05, 0) is 29.7 Å². The Morgan fingerprint density at radius 1 is 1.30 bits per heavy atom. The Morgan fingerprint density at radius 3 is 2.80 bits per heavy atom. The van der Waals surface area contributed by atoms with Crippen molar-refractivity contribution >= 4 is 34.8 Å². The highest BCUT2D eigenvalue weighted by Crippen LogP contribution is 2.30. The Balaban J connectivity index is 2.01. The molecule has 1 aromatic carbocycles. The number of amides is 1. The number of anilines is 1. The summed E-state index contributed by atoms with van der Waals surface area (Å²) in [4.78, 5) is 16.1. The summed E-state index contributed by atoms with van der Waals surface area (Å²) in [7, 11) is 0. The van der Waals surface area contributed by atoms with Gasteiger partial charge in [0.2, 0.25) is 5.91 Å². The van der Waals surface area contributed by atoms with Crippen LogP contribution in [0.25, 0.3) is 0 Å². The van der Waals surface area contributed by atoms with Gasteiger partial charge in [-0.1, -0.05) is 42.3 Å². The van der Waals surface area contributed by atoms with Crippen molar-refractivity contribution in [2.75, 3.05) is 5.32 Å². The van der Waals surface area contributed by atoms with E-state index in [1.165, 1.54) is 0 Å². The first-order valence-corrected chi connectivity index (χ1v) is 6.97. The fourth-order valence-electron chi connectivity index (χ4n) is 1.86. The normalized spacial score (nSPS) is 11.9. The average Bonchev–Trinajstić information content (AvgIpc) is 2.45. The topological polar surface area (TPSA) is 42.0 Å². The van der Waals surface area contributed by atoms with E-state index in [-0.39, 0.29) is 11.8 Å². The Kier molecular flexibility index (Phi) is 4.99. The molecular formula is C15H14Cl2N2O. The molecule has 0 aliphatic rings. The lowest BCUT2D eigenvalue weighted by atomic mass is 9.99. The van der Waals surface area contributed by atoms with Gasteiger partial charge in [-0.15, -0.1) is 0 Å². The second-order valence-corrected chi connectivity index (χ2v) is 5.33. The summed E-state index contributed by atoms with van der Waals surface area (Å²) in [5.74, 6) is -0.0211. The van der Waals surface area contributed by atoms with E-state index in [2.05, 4.69) is 10.3 Å². The molecule has 0 radical (unpaired) electrons. The minimum absolute atomic E-state index is 0.0849. The van der Waals surface area contributed by atoms with Gasteiger partial charge in [0.05, 0.1) is 15.7 Å². The summed E-state index contributed by atoms with van der Waals surface area (Å²) in [6, 6.07) is 8.96.